The lowest BCUT2D eigenvalue weighted by atomic mass is 10.3. The number of carbonyl (C=O) groups is 1. The third-order valence-electron chi connectivity index (χ3n) is 2.56. The SMILES string of the molecule is Cc1nc(NC(=O)c2sccc2-n2cccc2)n[nH]1. The van der Waals surface area contributed by atoms with Crippen LogP contribution in [0.25, 0.3) is 5.69 Å². The van der Waals surface area contributed by atoms with Crippen molar-refractivity contribution in [3.63, 3.8) is 0 Å². The summed E-state index contributed by atoms with van der Waals surface area (Å²) in [6.45, 7) is 1.78. The first-order chi connectivity index (χ1) is 9.24. The summed E-state index contributed by atoms with van der Waals surface area (Å²) in [6, 6.07) is 5.73. The number of nitrogens with one attached hydrogen (secondary N) is 2. The zero-order valence-corrected chi connectivity index (χ0v) is 10.9. The Balaban J connectivity index is 1.87. The average molecular weight is 273 g/mol. The molecule has 0 atom stereocenters. The molecule has 0 fully saturated rings. The summed E-state index contributed by atoms with van der Waals surface area (Å²) in [5.41, 5.74) is 0.847. The van der Waals surface area contributed by atoms with E-state index in [1.54, 1.807) is 6.92 Å². The lowest BCUT2D eigenvalue weighted by molar-refractivity contribution is 0.102. The van der Waals surface area contributed by atoms with Crippen LogP contribution in [0.5, 0.6) is 0 Å². The predicted molar refractivity (Wildman–Crippen MR) is 72.7 cm³/mol. The number of hydrogen-bond acceptors (Lipinski definition) is 4. The van der Waals surface area contributed by atoms with E-state index in [2.05, 4.69) is 20.5 Å². The normalized spacial score (nSPS) is 10.6. The summed E-state index contributed by atoms with van der Waals surface area (Å²) >= 11 is 1.38. The highest BCUT2D eigenvalue weighted by Crippen LogP contribution is 2.22. The highest BCUT2D eigenvalue weighted by molar-refractivity contribution is 7.12. The lowest BCUT2D eigenvalue weighted by Crippen LogP contribution is -2.13. The predicted octanol–water partition coefficient (Wildman–Crippen LogP) is 2.22. The highest BCUT2D eigenvalue weighted by atomic mass is 32.1. The second-order valence-electron chi connectivity index (χ2n) is 3.92. The maximum absolute atomic E-state index is 12.2. The van der Waals surface area contributed by atoms with E-state index >= 15 is 0 Å². The van der Waals surface area contributed by atoms with Gasteiger partial charge >= 0.3 is 0 Å². The molecule has 19 heavy (non-hydrogen) atoms. The molecule has 0 spiro atoms. The van der Waals surface area contributed by atoms with Gasteiger partial charge in [-0.25, -0.2) is 0 Å². The molecular formula is C12H11N5OS. The molecule has 0 saturated carbocycles. The van der Waals surface area contributed by atoms with E-state index in [9.17, 15) is 4.79 Å². The fourth-order valence-corrected chi connectivity index (χ4v) is 2.51. The molecule has 0 aliphatic carbocycles. The maximum atomic E-state index is 12.2. The van der Waals surface area contributed by atoms with E-state index in [0.29, 0.717) is 10.7 Å². The molecule has 6 nitrogen and oxygen atoms in total. The van der Waals surface area contributed by atoms with Gasteiger partial charge in [-0.3, -0.25) is 15.2 Å². The van der Waals surface area contributed by atoms with Crippen molar-refractivity contribution in [1.82, 2.24) is 19.7 Å². The van der Waals surface area contributed by atoms with Crippen molar-refractivity contribution in [2.24, 2.45) is 0 Å². The summed E-state index contributed by atoms with van der Waals surface area (Å²) in [4.78, 5) is 16.9. The van der Waals surface area contributed by atoms with Crippen molar-refractivity contribution < 1.29 is 4.79 Å². The van der Waals surface area contributed by atoms with Crippen LogP contribution in [-0.4, -0.2) is 25.7 Å². The third-order valence-corrected chi connectivity index (χ3v) is 3.46. The fraction of sp³-hybridized carbons (Fsp3) is 0.0833. The molecule has 0 aliphatic heterocycles. The van der Waals surface area contributed by atoms with Crippen LogP contribution < -0.4 is 5.32 Å². The monoisotopic (exact) mass is 273 g/mol. The second kappa shape index (κ2) is 4.69. The van der Waals surface area contributed by atoms with Crippen LogP contribution in [0.2, 0.25) is 0 Å². The van der Waals surface area contributed by atoms with E-state index in [-0.39, 0.29) is 11.9 Å². The second-order valence-corrected chi connectivity index (χ2v) is 4.84. The molecule has 0 bridgehead atoms. The van der Waals surface area contributed by atoms with E-state index in [0.717, 1.165) is 5.69 Å². The molecule has 3 heterocycles. The summed E-state index contributed by atoms with van der Waals surface area (Å²) in [6.07, 6.45) is 3.80. The quantitative estimate of drug-likeness (QED) is 0.768. The van der Waals surface area contributed by atoms with Gasteiger partial charge in [0.25, 0.3) is 5.91 Å². The van der Waals surface area contributed by atoms with Gasteiger partial charge in [0.1, 0.15) is 10.7 Å². The molecule has 0 saturated heterocycles. The Kier molecular flexibility index (Phi) is 2.88. The summed E-state index contributed by atoms with van der Waals surface area (Å²) in [5.74, 6) is 0.735. The number of nitrogens with zero attached hydrogens (tertiary/aromatic N) is 3. The summed E-state index contributed by atoms with van der Waals surface area (Å²) in [5, 5.41) is 11.1. The van der Waals surface area contributed by atoms with Crippen LogP contribution in [0.15, 0.2) is 36.0 Å². The molecule has 3 rings (SSSR count). The number of H-pyrrole nitrogens is 1. The molecule has 0 radical (unpaired) electrons. The number of rotatable bonds is 3. The number of aromatic nitrogens is 4. The highest BCUT2D eigenvalue weighted by Gasteiger charge is 2.15. The van der Waals surface area contributed by atoms with Crippen molar-refractivity contribution in [3.05, 3.63) is 46.7 Å². The van der Waals surface area contributed by atoms with Crippen LogP contribution in [0.1, 0.15) is 15.5 Å². The Hall–Kier alpha value is -2.41. The Morgan fingerprint density at radius 1 is 1.42 bits per heavy atom. The molecule has 0 aromatic carbocycles. The Morgan fingerprint density at radius 3 is 2.89 bits per heavy atom. The molecule has 3 aromatic rings. The van der Waals surface area contributed by atoms with Crippen LogP contribution in [0.3, 0.4) is 0 Å². The molecule has 96 valence electrons. The first kappa shape index (κ1) is 11.7. The van der Waals surface area contributed by atoms with Gasteiger partial charge in [0, 0.05) is 12.4 Å². The first-order valence-corrected chi connectivity index (χ1v) is 6.53. The minimum Gasteiger partial charge on any atom is -0.322 e. The summed E-state index contributed by atoms with van der Waals surface area (Å²) < 4.78 is 1.90. The molecule has 7 heteroatoms. The van der Waals surface area contributed by atoms with Gasteiger partial charge in [-0.1, -0.05) is 0 Å². The molecular weight excluding hydrogens is 262 g/mol. The number of anilines is 1. The van der Waals surface area contributed by atoms with E-state index in [1.165, 1.54) is 11.3 Å². The van der Waals surface area contributed by atoms with Gasteiger partial charge in [0.05, 0.1) is 5.69 Å². The maximum Gasteiger partial charge on any atom is 0.270 e. The topological polar surface area (TPSA) is 75.6 Å². The summed E-state index contributed by atoms with van der Waals surface area (Å²) in [7, 11) is 0. The number of thiophene rings is 1. The van der Waals surface area contributed by atoms with Crippen LogP contribution >= 0.6 is 11.3 Å². The van der Waals surface area contributed by atoms with E-state index in [1.807, 2.05) is 40.5 Å². The van der Waals surface area contributed by atoms with Gasteiger partial charge < -0.3 is 4.57 Å². The molecule has 2 N–H and O–H groups in total. The van der Waals surface area contributed by atoms with Crippen molar-refractivity contribution in [2.45, 2.75) is 6.92 Å². The van der Waals surface area contributed by atoms with E-state index in [4.69, 9.17) is 0 Å². The Labute approximate surface area is 113 Å². The molecule has 3 aromatic heterocycles. The van der Waals surface area contributed by atoms with Gasteiger partial charge in [-0.2, -0.15) is 4.98 Å². The minimum atomic E-state index is -0.210. The van der Waals surface area contributed by atoms with Crippen molar-refractivity contribution in [3.8, 4) is 5.69 Å². The standard InChI is InChI=1S/C12H11N5OS/c1-8-13-12(16-15-8)14-11(18)10-9(4-7-19-10)17-5-2-3-6-17/h2-7H,1H3,(H2,13,14,15,16,18). The smallest absolute Gasteiger partial charge is 0.270 e. The zero-order chi connectivity index (χ0) is 13.2. The zero-order valence-electron chi connectivity index (χ0n) is 10.1. The van der Waals surface area contributed by atoms with Crippen LogP contribution in [0, 0.1) is 6.92 Å². The number of aromatic amines is 1. The number of carbonyl (C=O) groups excluding carboxylic acids is 1. The largest absolute Gasteiger partial charge is 0.322 e. The fourth-order valence-electron chi connectivity index (χ4n) is 1.73. The van der Waals surface area contributed by atoms with Crippen LogP contribution in [-0.2, 0) is 0 Å². The van der Waals surface area contributed by atoms with Gasteiger partial charge in [0.15, 0.2) is 0 Å². The Bertz CT molecular complexity index is 697. The van der Waals surface area contributed by atoms with Gasteiger partial charge in [0.2, 0.25) is 5.95 Å². The van der Waals surface area contributed by atoms with Gasteiger partial charge in [-0.05, 0) is 30.5 Å². The van der Waals surface area contributed by atoms with Gasteiger partial charge in [-0.15, -0.1) is 16.4 Å². The lowest BCUT2D eigenvalue weighted by Gasteiger charge is -2.04. The molecule has 1 amide bonds. The Morgan fingerprint density at radius 2 is 2.21 bits per heavy atom. The number of amides is 1. The third kappa shape index (κ3) is 2.27. The van der Waals surface area contributed by atoms with Crippen LogP contribution in [0.4, 0.5) is 5.95 Å². The minimum absolute atomic E-state index is 0.210. The first-order valence-electron chi connectivity index (χ1n) is 5.65. The average Bonchev–Trinajstić information content (AvgIpc) is 3.07. The van der Waals surface area contributed by atoms with Crippen molar-refractivity contribution >= 4 is 23.2 Å². The molecule has 0 unspecified atom stereocenters. The van der Waals surface area contributed by atoms with Crippen molar-refractivity contribution in [2.75, 3.05) is 5.32 Å². The molecule has 0 aliphatic rings. The number of hydrogen-bond donors (Lipinski definition) is 2. The number of aryl methyl sites for hydroxylation is 1. The van der Waals surface area contributed by atoms with Crippen molar-refractivity contribution in [1.29, 1.82) is 0 Å². The van der Waals surface area contributed by atoms with E-state index < -0.39 is 0 Å².